The molecule has 1 aliphatic heterocycles. The smallest absolute Gasteiger partial charge is 0.454 e. The van der Waals surface area contributed by atoms with Crippen LogP contribution < -0.4 is 10.2 Å². The lowest BCUT2D eigenvalue weighted by Gasteiger charge is -2.11. The molecule has 0 unspecified atom stereocenters. The number of benzene rings is 2. The highest BCUT2D eigenvalue weighted by Gasteiger charge is 2.27. The highest BCUT2D eigenvalue weighted by atomic mass is 127. The fourth-order valence-electron chi connectivity index (χ4n) is 2.27. The van der Waals surface area contributed by atoms with Gasteiger partial charge >= 0.3 is 7.12 Å². The first-order valence-corrected chi connectivity index (χ1v) is 7.89. The molecule has 1 aliphatic rings. The molecule has 0 aromatic heterocycles. The minimum absolute atomic E-state index is 0.142. The Balaban J connectivity index is 1.82. The van der Waals surface area contributed by atoms with Crippen LogP contribution in [0.1, 0.15) is 15.2 Å². The third kappa shape index (κ3) is 3.12. The van der Waals surface area contributed by atoms with Crippen LogP contribution >= 0.6 is 22.6 Å². The molecule has 2 aromatic carbocycles. The van der Waals surface area contributed by atoms with Crippen molar-refractivity contribution in [2.24, 2.45) is 0 Å². The molecule has 1 atom stereocenters. The molecule has 0 bridgehead atoms. The van der Waals surface area contributed by atoms with Gasteiger partial charge in [0, 0.05) is 7.11 Å². The van der Waals surface area contributed by atoms with E-state index in [0.29, 0.717) is 12.4 Å². The average molecular weight is 414 g/mol. The van der Waals surface area contributed by atoms with Crippen LogP contribution in [-0.2, 0) is 16.0 Å². The Morgan fingerprint density at radius 2 is 2.14 bits per heavy atom. The van der Waals surface area contributed by atoms with Gasteiger partial charge in [-0.2, -0.15) is 0 Å². The zero-order valence-corrected chi connectivity index (χ0v) is 13.9. The second-order valence-electron chi connectivity index (χ2n) is 4.87. The van der Waals surface area contributed by atoms with Crippen molar-refractivity contribution in [2.45, 2.75) is 10.7 Å². The Labute approximate surface area is 141 Å². The molecule has 1 heterocycles. The van der Waals surface area contributed by atoms with Crippen molar-refractivity contribution >= 4 is 35.2 Å². The summed E-state index contributed by atoms with van der Waals surface area (Å²) in [5.74, 6) is 0.191. The van der Waals surface area contributed by atoms with Gasteiger partial charge in [-0.25, -0.2) is 4.39 Å². The van der Waals surface area contributed by atoms with Crippen LogP contribution in [0, 0.1) is 5.82 Å². The summed E-state index contributed by atoms with van der Waals surface area (Å²) in [6.07, 6.45) is 0. The summed E-state index contributed by atoms with van der Waals surface area (Å²) in [4.78, 5) is 0. The Kier molecular flexibility index (Phi) is 4.67. The Hall–Kier alpha value is -1.16. The van der Waals surface area contributed by atoms with E-state index < -0.39 is 12.9 Å². The number of halogens is 2. The lowest BCUT2D eigenvalue weighted by Crippen LogP contribution is -2.27. The van der Waals surface area contributed by atoms with E-state index in [0.717, 1.165) is 16.6 Å². The van der Waals surface area contributed by atoms with Crippen LogP contribution in [0.25, 0.3) is 0 Å². The van der Waals surface area contributed by atoms with Crippen LogP contribution in [0.3, 0.4) is 0 Å². The predicted octanol–water partition coefficient (Wildman–Crippen LogP) is 2.92. The van der Waals surface area contributed by atoms with Gasteiger partial charge in [0.05, 0.1) is 6.61 Å². The van der Waals surface area contributed by atoms with Gasteiger partial charge in [0.25, 0.3) is 0 Å². The van der Waals surface area contributed by atoms with E-state index in [-0.39, 0.29) is 9.86 Å². The molecule has 2 aromatic rings. The fourth-order valence-corrected chi connectivity index (χ4v) is 2.66. The van der Waals surface area contributed by atoms with Crippen molar-refractivity contribution in [3.8, 4) is 11.5 Å². The zero-order chi connectivity index (χ0) is 15.7. The Bertz CT molecular complexity index is 697. The van der Waals surface area contributed by atoms with Crippen molar-refractivity contribution in [3.63, 3.8) is 0 Å². The number of hydrogen-bond acceptors (Lipinski definition) is 4. The topological polar surface area (TPSA) is 47.9 Å². The van der Waals surface area contributed by atoms with Crippen molar-refractivity contribution in [1.82, 2.24) is 0 Å². The minimum atomic E-state index is -0.894. The van der Waals surface area contributed by atoms with Gasteiger partial charge in [0.15, 0.2) is 11.6 Å². The molecule has 0 spiro atoms. The highest BCUT2D eigenvalue weighted by Crippen LogP contribution is 2.30. The van der Waals surface area contributed by atoms with E-state index in [9.17, 15) is 9.41 Å². The largest absolute Gasteiger partial charge is 0.491 e. The molecule has 0 radical (unpaired) electrons. The molecule has 3 rings (SSSR count). The number of fused-ring (bicyclic) bond motifs is 1. The fraction of sp³-hybridized carbons (Fsp3) is 0.200. The van der Waals surface area contributed by atoms with Gasteiger partial charge in [-0.05, 0) is 63.4 Å². The molecule has 4 nitrogen and oxygen atoms in total. The molecule has 22 heavy (non-hydrogen) atoms. The number of alkyl halides is 1. The number of methoxy groups -OCH3 is 1. The standard InChI is InChI=1S/C15H13BFIO4/c1-20-15(18)9-2-5-14(13(17)7-9)22-11-3-4-12-10(6-11)8-21-16(12)19/h2-7,15,19H,8H2,1H3/t15-/m1/s1. The quantitative estimate of drug-likeness (QED) is 0.475. The normalized spacial score (nSPS) is 14.8. The summed E-state index contributed by atoms with van der Waals surface area (Å²) in [7, 11) is 0.676. The molecule has 0 amide bonds. The molecule has 114 valence electrons. The first kappa shape index (κ1) is 15.7. The van der Waals surface area contributed by atoms with E-state index in [2.05, 4.69) is 22.6 Å². The minimum Gasteiger partial charge on any atom is -0.454 e. The highest BCUT2D eigenvalue weighted by molar-refractivity contribution is 14.1. The van der Waals surface area contributed by atoms with Crippen molar-refractivity contribution in [3.05, 3.63) is 53.3 Å². The number of ether oxygens (including phenoxy) is 2. The third-order valence-electron chi connectivity index (χ3n) is 3.43. The lowest BCUT2D eigenvalue weighted by molar-refractivity contribution is 0.188. The monoisotopic (exact) mass is 414 g/mol. The number of hydrogen-bond donors (Lipinski definition) is 1. The Morgan fingerprint density at radius 3 is 2.86 bits per heavy atom. The van der Waals surface area contributed by atoms with Gasteiger partial charge in [0.2, 0.25) is 0 Å². The predicted molar refractivity (Wildman–Crippen MR) is 89.1 cm³/mol. The molecule has 0 saturated heterocycles. The maximum absolute atomic E-state index is 14.1. The summed E-state index contributed by atoms with van der Waals surface area (Å²) in [6, 6.07) is 9.89. The molecule has 1 N–H and O–H groups in total. The van der Waals surface area contributed by atoms with Crippen LogP contribution in [0.5, 0.6) is 11.5 Å². The molecular formula is C15H13BFIO4. The molecular weight excluding hydrogens is 401 g/mol. The Morgan fingerprint density at radius 1 is 1.32 bits per heavy atom. The third-order valence-corrected chi connectivity index (χ3v) is 4.66. The van der Waals surface area contributed by atoms with E-state index in [1.54, 1.807) is 37.4 Å². The summed E-state index contributed by atoms with van der Waals surface area (Å²) >= 11 is 2.08. The SMILES string of the molecule is CO[C@@H](I)c1ccc(Oc2ccc3c(c2)COB3O)c(F)c1. The maximum atomic E-state index is 14.1. The van der Waals surface area contributed by atoms with Crippen LogP contribution in [0.15, 0.2) is 36.4 Å². The summed E-state index contributed by atoms with van der Waals surface area (Å²) in [6.45, 7) is 0.319. The van der Waals surface area contributed by atoms with E-state index >= 15 is 0 Å². The average Bonchev–Trinajstić information content (AvgIpc) is 2.89. The van der Waals surface area contributed by atoms with E-state index in [4.69, 9.17) is 14.1 Å². The van der Waals surface area contributed by atoms with Gasteiger partial charge < -0.3 is 19.2 Å². The van der Waals surface area contributed by atoms with Gasteiger partial charge in [-0.1, -0.05) is 12.1 Å². The molecule has 0 aliphatic carbocycles. The van der Waals surface area contributed by atoms with Gasteiger partial charge in [-0.3, -0.25) is 0 Å². The van der Waals surface area contributed by atoms with E-state index in [1.165, 1.54) is 6.07 Å². The zero-order valence-electron chi connectivity index (χ0n) is 11.8. The number of rotatable bonds is 4. The van der Waals surface area contributed by atoms with E-state index in [1.807, 2.05) is 0 Å². The first-order chi connectivity index (χ1) is 10.6. The van der Waals surface area contributed by atoms with Crippen molar-refractivity contribution < 1.29 is 23.5 Å². The van der Waals surface area contributed by atoms with Crippen molar-refractivity contribution in [2.75, 3.05) is 7.11 Å². The van der Waals surface area contributed by atoms with Crippen LogP contribution in [-0.4, -0.2) is 19.3 Å². The molecule has 0 saturated carbocycles. The summed E-state index contributed by atoms with van der Waals surface area (Å²) in [5, 5.41) is 9.58. The first-order valence-electron chi connectivity index (χ1n) is 6.65. The van der Waals surface area contributed by atoms with Gasteiger partial charge in [-0.15, -0.1) is 0 Å². The van der Waals surface area contributed by atoms with Gasteiger partial charge in [0.1, 0.15) is 9.86 Å². The summed E-state index contributed by atoms with van der Waals surface area (Å²) < 4.78 is 29.8. The second-order valence-corrected chi connectivity index (χ2v) is 6.00. The second kappa shape index (κ2) is 6.53. The molecule has 7 heteroatoms. The maximum Gasteiger partial charge on any atom is 0.491 e. The van der Waals surface area contributed by atoms with Crippen LogP contribution in [0.2, 0.25) is 0 Å². The lowest BCUT2D eigenvalue weighted by atomic mass is 9.80. The van der Waals surface area contributed by atoms with Crippen LogP contribution in [0.4, 0.5) is 4.39 Å². The molecule has 0 fully saturated rings. The summed E-state index contributed by atoms with van der Waals surface area (Å²) in [5.41, 5.74) is 2.29. The van der Waals surface area contributed by atoms with Crippen molar-refractivity contribution in [1.29, 1.82) is 0 Å².